The highest BCUT2D eigenvalue weighted by atomic mass is 32.2. The molecule has 0 aliphatic carbocycles. The molecule has 0 unspecified atom stereocenters. The van der Waals surface area contributed by atoms with Crippen molar-refractivity contribution >= 4 is 23.9 Å². The fourth-order valence-electron chi connectivity index (χ4n) is 2.22. The van der Waals surface area contributed by atoms with Crippen LogP contribution < -0.4 is 0 Å². The van der Waals surface area contributed by atoms with Gasteiger partial charge in [-0.15, -0.1) is 0 Å². The first-order chi connectivity index (χ1) is 12.4. The Hall–Kier alpha value is -2.60. The Bertz CT molecular complexity index is 918. The van der Waals surface area contributed by atoms with E-state index >= 15 is 0 Å². The molecule has 3 rings (SSSR count). The molecule has 3 aromatic rings. The number of nitrogens with zero attached hydrogens (tertiary/aromatic N) is 1. The first-order valence-corrected chi connectivity index (χ1v) is 8.48. The second-order valence-corrected chi connectivity index (χ2v) is 6.52. The molecule has 0 N–H and O–H groups in total. The van der Waals surface area contributed by atoms with Crippen molar-refractivity contribution in [3.05, 3.63) is 89.4 Å². The van der Waals surface area contributed by atoms with Crippen LogP contribution in [-0.2, 0) is 6.18 Å². The van der Waals surface area contributed by atoms with Gasteiger partial charge in [0.05, 0.1) is 5.56 Å². The van der Waals surface area contributed by atoms with Crippen molar-refractivity contribution in [1.29, 1.82) is 0 Å². The van der Waals surface area contributed by atoms with E-state index < -0.39 is 17.7 Å². The quantitative estimate of drug-likeness (QED) is 0.291. The molecule has 0 radical (unpaired) electrons. The largest absolute Gasteiger partial charge is 0.416 e. The zero-order chi connectivity index (χ0) is 18.6. The van der Waals surface area contributed by atoms with Gasteiger partial charge >= 0.3 is 6.18 Å². The summed E-state index contributed by atoms with van der Waals surface area (Å²) in [5, 5.41) is 0.550. The van der Waals surface area contributed by atoms with E-state index in [1.807, 2.05) is 30.3 Å². The summed E-state index contributed by atoms with van der Waals surface area (Å²) < 4.78 is 50.9. The lowest BCUT2D eigenvalue weighted by Crippen LogP contribution is -2.03. The van der Waals surface area contributed by atoms with Crippen LogP contribution in [-0.4, -0.2) is 4.98 Å². The number of alkyl halides is 3. The van der Waals surface area contributed by atoms with Crippen molar-refractivity contribution in [3.8, 4) is 0 Å². The summed E-state index contributed by atoms with van der Waals surface area (Å²) in [6.07, 6.45) is -0.783. The van der Waals surface area contributed by atoms with E-state index in [9.17, 15) is 17.6 Å². The van der Waals surface area contributed by atoms with Gasteiger partial charge in [-0.25, -0.2) is 4.98 Å². The third-order valence-corrected chi connectivity index (χ3v) is 4.40. The molecule has 1 heterocycles. The fraction of sp³-hybridized carbons (Fsp3) is 0.0500. The molecule has 0 amide bonds. The van der Waals surface area contributed by atoms with Crippen LogP contribution in [0.5, 0.6) is 0 Å². The molecule has 6 heteroatoms. The normalized spacial score (nSPS) is 11.8. The number of pyridine rings is 1. The molecule has 0 bridgehead atoms. The van der Waals surface area contributed by atoms with E-state index in [4.69, 9.17) is 0 Å². The van der Waals surface area contributed by atoms with E-state index in [0.29, 0.717) is 10.6 Å². The van der Waals surface area contributed by atoms with Crippen molar-refractivity contribution in [2.75, 3.05) is 0 Å². The average molecular weight is 375 g/mol. The Morgan fingerprint density at radius 1 is 0.808 bits per heavy atom. The van der Waals surface area contributed by atoms with E-state index in [1.165, 1.54) is 30.0 Å². The molecule has 1 nitrogen and oxygen atoms in total. The van der Waals surface area contributed by atoms with Crippen molar-refractivity contribution in [2.24, 2.45) is 0 Å². The van der Waals surface area contributed by atoms with E-state index in [1.54, 1.807) is 18.2 Å². The van der Waals surface area contributed by atoms with Gasteiger partial charge in [-0.3, -0.25) is 0 Å². The van der Waals surface area contributed by atoms with Crippen LogP contribution in [0, 0.1) is 5.95 Å². The lowest BCUT2D eigenvalue weighted by molar-refractivity contribution is -0.137. The van der Waals surface area contributed by atoms with Crippen LogP contribution in [0.2, 0.25) is 0 Å². The number of rotatable bonds is 4. The Kier molecular flexibility index (Phi) is 5.42. The highest BCUT2D eigenvalue weighted by molar-refractivity contribution is 7.99. The lowest BCUT2D eigenvalue weighted by Gasteiger charge is -2.06. The summed E-state index contributed by atoms with van der Waals surface area (Å²) in [6.45, 7) is 0. The molecule has 2 aromatic carbocycles. The monoisotopic (exact) mass is 375 g/mol. The zero-order valence-electron chi connectivity index (χ0n) is 13.4. The van der Waals surface area contributed by atoms with Crippen molar-refractivity contribution in [2.45, 2.75) is 16.1 Å². The number of benzene rings is 2. The molecule has 0 spiro atoms. The van der Waals surface area contributed by atoms with Crippen LogP contribution in [0.15, 0.2) is 76.7 Å². The summed E-state index contributed by atoms with van der Waals surface area (Å²) >= 11 is 1.33. The van der Waals surface area contributed by atoms with Crippen LogP contribution in [0.25, 0.3) is 12.2 Å². The second-order valence-electron chi connectivity index (χ2n) is 5.43. The highest BCUT2D eigenvalue weighted by Crippen LogP contribution is 2.30. The molecule has 0 aliphatic rings. The standard InChI is InChI=1S/C20H13F4NS/c21-18-5-2-6-19(25-18)26-17-4-1-3-15(13-17)8-7-14-9-11-16(12-10-14)20(22,23)24/h1-13H/b8-7+. The van der Waals surface area contributed by atoms with Crippen molar-refractivity contribution < 1.29 is 17.6 Å². The van der Waals surface area contributed by atoms with E-state index in [2.05, 4.69) is 4.98 Å². The van der Waals surface area contributed by atoms with Gasteiger partial charge in [-0.2, -0.15) is 17.6 Å². The molecule has 1 aromatic heterocycles. The number of hydrogen-bond donors (Lipinski definition) is 0. The van der Waals surface area contributed by atoms with Gasteiger partial charge in [-0.05, 0) is 47.5 Å². The maximum atomic E-state index is 13.2. The van der Waals surface area contributed by atoms with Gasteiger partial charge in [0.1, 0.15) is 5.03 Å². The molecule has 132 valence electrons. The molecular formula is C20H13F4NS. The van der Waals surface area contributed by atoms with Crippen LogP contribution in [0.3, 0.4) is 0 Å². The zero-order valence-corrected chi connectivity index (χ0v) is 14.2. The lowest BCUT2D eigenvalue weighted by atomic mass is 10.1. The summed E-state index contributed by atoms with van der Waals surface area (Å²) in [5.74, 6) is -0.534. The molecule has 26 heavy (non-hydrogen) atoms. The highest BCUT2D eigenvalue weighted by Gasteiger charge is 2.29. The molecule has 0 saturated heterocycles. The first-order valence-electron chi connectivity index (χ1n) is 7.66. The molecule has 0 saturated carbocycles. The van der Waals surface area contributed by atoms with Gasteiger partial charge in [0, 0.05) is 4.90 Å². The summed E-state index contributed by atoms with van der Waals surface area (Å²) in [5.41, 5.74) is 0.879. The third-order valence-electron chi connectivity index (χ3n) is 3.48. The predicted molar refractivity (Wildman–Crippen MR) is 95.1 cm³/mol. The molecule has 0 atom stereocenters. The van der Waals surface area contributed by atoms with E-state index in [0.717, 1.165) is 22.6 Å². The first kappa shape index (κ1) is 18.2. The molecular weight excluding hydrogens is 362 g/mol. The smallest absolute Gasteiger partial charge is 0.213 e. The maximum Gasteiger partial charge on any atom is 0.416 e. The summed E-state index contributed by atoms with van der Waals surface area (Å²) in [6, 6.07) is 17.1. The SMILES string of the molecule is Fc1cccc(Sc2cccc(/C=C/c3ccc(C(F)(F)F)cc3)c2)n1. The predicted octanol–water partition coefficient (Wildman–Crippen LogP) is 6.56. The van der Waals surface area contributed by atoms with E-state index in [-0.39, 0.29) is 0 Å². The second kappa shape index (κ2) is 7.74. The third kappa shape index (κ3) is 4.95. The Morgan fingerprint density at radius 2 is 1.50 bits per heavy atom. The van der Waals surface area contributed by atoms with Gasteiger partial charge in [-0.1, -0.05) is 54.2 Å². The van der Waals surface area contributed by atoms with Crippen molar-refractivity contribution in [3.63, 3.8) is 0 Å². The van der Waals surface area contributed by atoms with Crippen LogP contribution in [0.4, 0.5) is 17.6 Å². The van der Waals surface area contributed by atoms with Crippen LogP contribution >= 0.6 is 11.8 Å². The maximum absolute atomic E-state index is 13.2. The Balaban J connectivity index is 1.73. The van der Waals surface area contributed by atoms with Gasteiger partial charge in [0.25, 0.3) is 0 Å². The summed E-state index contributed by atoms with van der Waals surface area (Å²) in [7, 11) is 0. The van der Waals surface area contributed by atoms with Crippen molar-refractivity contribution in [1.82, 2.24) is 4.98 Å². The number of hydrogen-bond acceptors (Lipinski definition) is 2. The minimum atomic E-state index is -4.33. The van der Waals surface area contributed by atoms with Gasteiger partial charge in [0.15, 0.2) is 0 Å². The van der Waals surface area contributed by atoms with Crippen LogP contribution in [0.1, 0.15) is 16.7 Å². The average Bonchev–Trinajstić information content (AvgIpc) is 2.60. The Labute approximate surface area is 152 Å². The number of aromatic nitrogens is 1. The minimum Gasteiger partial charge on any atom is -0.213 e. The fourth-order valence-corrected chi connectivity index (χ4v) is 3.09. The summed E-state index contributed by atoms with van der Waals surface area (Å²) in [4.78, 5) is 4.69. The molecule has 0 aliphatic heterocycles. The van der Waals surface area contributed by atoms with Gasteiger partial charge < -0.3 is 0 Å². The van der Waals surface area contributed by atoms with Gasteiger partial charge in [0.2, 0.25) is 5.95 Å². The number of halogens is 4. The Morgan fingerprint density at radius 3 is 2.19 bits per heavy atom. The minimum absolute atomic E-state index is 0.534. The molecule has 0 fully saturated rings. The topological polar surface area (TPSA) is 12.9 Å².